The van der Waals surface area contributed by atoms with Crippen LogP contribution in [0.5, 0.6) is 0 Å². The molecule has 1 unspecified atom stereocenters. The van der Waals surface area contributed by atoms with Crippen molar-refractivity contribution in [1.82, 2.24) is 10.3 Å². The van der Waals surface area contributed by atoms with Crippen molar-refractivity contribution in [2.45, 2.75) is 32.4 Å². The molecule has 1 aromatic heterocycles. The van der Waals surface area contributed by atoms with Crippen LogP contribution in [0.1, 0.15) is 32.4 Å². The van der Waals surface area contributed by atoms with Gasteiger partial charge >= 0.3 is 6.09 Å². The maximum Gasteiger partial charge on any atom is 0.407 e. The van der Waals surface area contributed by atoms with E-state index in [1.807, 2.05) is 51.9 Å². The number of rotatable bonds is 4. The highest BCUT2D eigenvalue weighted by Crippen LogP contribution is 2.20. The number of carbonyl (C=O) groups excluding carboxylic acids is 1. The van der Waals surface area contributed by atoms with Crippen molar-refractivity contribution >= 4 is 11.9 Å². The normalized spacial score (nSPS) is 12.7. The fourth-order valence-electron chi connectivity index (χ4n) is 1.69. The number of ether oxygens (including phenoxy) is 1. The summed E-state index contributed by atoms with van der Waals surface area (Å²) >= 11 is 0. The molecule has 1 aromatic rings. The molecule has 1 amide bonds. The van der Waals surface area contributed by atoms with E-state index in [2.05, 4.69) is 10.3 Å². The first-order valence-corrected chi connectivity index (χ1v) is 6.55. The van der Waals surface area contributed by atoms with E-state index < -0.39 is 11.7 Å². The molecule has 0 aliphatic rings. The smallest absolute Gasteiger partial charge is 0.407 e. The molecule has 112 valence electrons. The van der Waals surface area contributed by atoms with Crippen LogP contribution in [0.4, 0.5) is 10.6 Å². The van der Waals surface area contributed by atoms with Gasteiger partial charge in [-0.3, -0.25) is 0 Å². The SMILES string of the molecule is CN(C)c1ncccc1C(N)CNC(=O)OC(C)(C)C. The van der Waals surface area contributed by atoms with Gasteiger partial charge in [-0.2, -0.15) is 0 Å². The molecule has 3 N–H and O–H groups in total. The number of hydrogen-bond donors (Lipinski definition) is 2. The number of anilines is 1. The summed E-state index contributed by atoms with van der Waals surface area (Å²) in [5.41, 5.74) is 6.48. The van der Waals surface area contributed by atoms with Gasteiger partial charge in [0.15, 0.2) is 0 Å². The second kappa shape index (κ2) is 6.56. The first-order chi connectivity index (χ1) is 9.20. The lowest BCUT2D eigenvalue weighted by Gasteiger charge is -2.22. The van der Waals surface area contributed by atoms with Crippen molar-refractivity contribution in [3.63, 3.8) is 0 Å². The molecule has 0 aliphatic carbocycles. The molecular weight excluding hydrogens is 256 g/mol. The van der Waals surface area contributed by atoms with Gasteiger partial charge in [0.05, 0.1) is 6.04 Å². The Labute approximate surface area is 120 Å². The van der Waals surface area contributed by atoms with Crippen molar-refractivity contribution in [2.24, 2.45) is 5.73 Å². The Morgan fingerprint density at radius 3 is 2.70 bits per heavy atom. The molecule has 0 saturated carbocycles. The predicted molar refractivity (Wildman–Crippen MR) is 79.7 cm³/mol. The number of nitrogens with zero attached hydrogens (tertiary/aromatic N) is 2. The van der Waals surface area contributed by atoms with Crippen LogP contribution in [0.15, 0.2) is 18.3 Å². The molecule has 1 heterocycles. The number of carbonyl (C=O) groups is 1. The molecule has 6 heteroatoms. The van der Waals surface area contributed by atoms with Gasteiger partial charge in [0.25, 0.3) is 0 Å². The van der Waals surface area contributed by atoms with E-state index in [1.165, 1.54) is 0 Å². The minimum Gasteiger partial charge on any atom is -0.444 e. The number of nitrogens with two attached hydrogens (primary N) is 1. The Hall–Kier alpha value is -1.82. The maximum atomic E-state index is 11.6. The minimum absolute atomic E-state index is 0.293. The van der Waals surface area contributed by atoms with E-state index in [9.17, 15) is 4.79 Å². The Morgan fingerprint density at radius 1 is 1.50 bits per heavy atom. The third kappa shape index (κ3) is 5.05. The Balaban J connectivity index is 2.64. The van der Waals surface area contributed by atoms with Crippen LogP contribution in [-0.2, 0) is 4.74 Å². The minimum atomic E-state index is -0.517. The topological polar surface area (TPSA) is 80.5 Å². The molecular formula is C14H24N4O2. The van der Waals surface area contributed by atoms with Gasteiger partial charge in [-0.15, -0.1) is 0 Å². The monoisotopic (exact) mass is 280 g/mol. The van der Waals surface area contributed by atoms with E-state index in [0.717, 1.165) is 11.4 Å². The van der Waals surface area contributed by atoms with Crippen LogP contribution in [0.3, 0.4) is 0 Å². The summed E-state index contributed by atoms with van der Waals surface area (Å²) < 4.78 is 5.17. The number of nitrogens with one attached hydrogen (secondary N) is 1. The van der Waals surface area contributed by atoms with Crippen molar-refractivity contribution in [3.8, 4) is 0 Å². The van der Waals surface area contributed by atoms with Gasteiger partial charge in [-0.05, 0) is 26.8 Å². The zero-order valence-electron chi connectivity index (χ0n) is 12.8. The molecule has 0 aromatic carbocycles. The fraction of sp³-hybridized carbons (Fsp3) is 0.571. The summed E-state index contributed by atoms with van der Waals surface area (Å²) in [4.78, 5) is 17.8. The van der Waals surface area contributed by atoms with Crippen molar-refractivity contribution in [1.29, 1.82) is 0 Å². The van der Waals surface area contributed by atoms with Gasteiger partial charge in [-0.1, -0.05) is 6.07 Å². The van der Waals surface area contributed by atoms with Crippen molar-refractivity contribution in [3.05, 3.63) is 23.9 Å². The van der Waals surface area contributed by atoms with E-state index >= 15 is 0 Å². The molecule has 0 radical (unpaired) electrons. The molecule has 0 spiro atoms. The first-order valence-electron chi connectivity index (χ1n) is 6.55. The summed E-state index contributed by atoms with van der Waals surface area (Å²) in [6.45, 7) is 5.74. The molecule has 0 fully saturated rings. The number of pyridine rings is 1. The van der Waals surface area contributed by atoms with Gasteiger partial charge in [-0.25, -0.2) is 9.78 Å². The lowest BCUT2D eigenvalue weighted by atomic mass is 10.1. The average Bonchev–Trinajstić information content (AvgIpc) is 2.33. The van der Waals surface area contributed by atoms with Gasteiger partial charge in [0.2, 0.25) is 0 Å². The Bertz CT molecular complexity index is 455. The maximum absolute atomic E-state index is 11.6. The van der Waals surface area contributed by atoms with Gasteiger partial charge < -0.3 is 20.7 Å². The average molecular weight is 280 g/mol. The van der Waals surface area contributed by atoms with Crippen molar-refractivity contribution in [2.75, 3.05) is 25.5 Å². The van der Waals surface area contributed by atoms with Crippen LogP contribution < -0.4 is 16.0 Å². The molecule has 0 saturated heterocycles. The van der Waals surface area contributed by atoms with Crippen LogP contribution in [0.2, 0.25) is 0 Å². The lowest BCUT2D eigenvalue weighted by Crippen LogP contribution is -2.37. The van der Waals surface area contributed by atoms with E-state index in [0.29, 0.717) is 6.54 Å². The van der Waals surface area contributed by atoms with Gasteiger partial charge in [0, 0.05) is 32.4 Å². The summed E-state index contributed by atoms with van der Waals surface area (Å²) in [5.74, 6) is 0.797. The number of aromatic nitrogens is 1. The quantitative estimate of drug-likeness (QED) is 0.877. The second-order valence-electron chi connectivity index (χ2n) is 5.80. The van der Waals surface area contributed by atoms with Crippen molar-refractivity contribution < 1.29 is 9.53 Å². The third-order valence-electron chi connectivity index (χ3n) is 2.51. The highest BCUT2D eigenvalue weighted by molar-refractivity contribution is 5.67. The molecule has 1 rings (SSSR count). The standard InChI is InChI=1S/C14H24N4O2/c1-14(2,3)20-13(19)17-9-11(15)10-7-6-8-16-12(10)18(4)5/h6-8,11H,9,15H2,1-5H3,(H,17,19). The number of amides is 1. The van der Waals surface area contributed by atoms with Crippen LogP contribution in [-0.4, -0.2) is 37.3 Å². The highest BCUT2D eigenvalue weighted by atomic mass is 16.6. The predicted octanol–water partition coefficient (Wildman–Crippen LogP) is 1.67. The Morgan fingerprint density at radius 2 is 2.15 bits per heavy atom. The Kier molecular flexibility index (Phi) is 5.33. The zero-order chi connectivity index (χ0) is 15.3. The van der Waals surface area contributed by atoms with E-state index in [1.54, 1.807) is 6.20 Å². The zero-order valence-corrected chi connectivity index (χ0v) is 12.8. The highest BCUT2D eigenvalue weighted by Gasteiger charge is 2.18. The number of hydrogen-bond acceptors (Lipinski definition) is 5. The fourth-order valence-corrected chi connectivity index (χ4v) is 1.69. The van der Waals surface area contributed by atoms with Crippen LogP contribution in [0.25, 0.3) is 0 Å². The summed E-state index contributed by atoms with van der Waals surface area (Å²) in [6, 6.07) is 3.40. The third-order valence-corrected chi connectivity index (χ3v) is 2.51. The molecule has 0 aliphatic heterocycles. The second-order valence-corrected chi connectivity index (χ2v) is 5.80. The van der Waals surface area contributed by atoms with Crippen LogP contribution >= 0.6 is 0 Å². The van der Waals surface area contributed by atoms with Gasteiger partial charge in [0.1, 0.15) is 11.4 Å². The molecule has 6 nitrogen and oxygen atoms in total. The summed E-state index contributed by atoms with van der Waals surface area (Å²) in [5, 5.41) is 2.67. The largest absolute Gasteiger partial charge is 0.444 e. The molecule has 0 bridgehead atoms. The molecule has 1 atom stereocenters. The first kappa shape index (κ1) is 16.2. The van der Waals surface area contributed by atoms with E-state index in [-0.39, 0.29) is 6.04 Å². The van der Waals surface area contributed by atoms with E-state index in [4.69, 9.17) is 10.5 Å². The summed E-state index contributed by atoms with van der Waals surface area (Å²) in [7, 11) is 3.81. The summed E-state index contributed by atoms with van der Waals surface area (Å²) in [6.07, 6.45) is 1.25. The lowest BCUT2D eigenvalue weighted by molar-refractivity contribution is 0.0524. The van der Waals surface area contributed by atoms with Crippen LogP contribution in [0, 0.1) is 0 Å². The molecule has 20 heavy (non-hydrogen) atoms. The number of alkyl carbamates (subject to hydrolysis) is 1.